The highest BCUT2D eigenvalue weighted by Gasteiger charge is 2.48. The number of piperidine rings is 1. The van der Waals surface area contributed by atoms with Gasteiger partial charge in [-0.3, -0.25) is 47.9 Å². The summed E-state index contributed by atoms with van der Waals surface area (Å²) in [6.45, 7) is 18.6. The Morgan fingerprint density at radius 1 is 0.536 bits per heavy atom. The van der Waals surface area contributed by atoms with Gasteiger partial charge in [-0.25, -0.2) is 4.79 Å². The molecule has 0 aliphatic carbocycles. The van der Waals surface area contributed by atoms with E-state index in [9.17, 15) is 33.6 Å². The van der Waals surface area contributed by atoms with Gasteiger partial charge in [-0.2, -0.15) is 0 Å². The summed E-state index contributed by atoms with van der Waals surface area (Å²) < 4.78 is 16.4. The molecule has 84 heavy (non-hydrogen) atoms. The maximum absolute atomic E-state index is 15.2. The van der Waals surface area contributed by atoms with Gasteiger partial charge in [0, 0.05) is 69.3 Å². The van der Waals surface area contributed by atoms with Crippen LogP contribution in [-0.2, 0) is 68.6 Å². The minimum atomic E-state index is -1.56. The van der Waals surface area contributed by atoms with Gasteiger partial charge in [-0.05, 0) is 73.5 Å². The third-order valence-corrected chi connectivity index (χ3v) is 17.2. The van der Waals surface area contributed by atoms with Crippen molar-refractivity contribution in [1.29, 1.82) is 0 Å². The van der Waals surface area contributed by atoms with E-state index in [-0.39, 0.29) is 19.4 Å². The van der Waals surface area contributed by atoms with Crippen LogP contribution in [0.1, 0.15) is 120 Å². The topological polar surface area (TPSA) is 245 Å². The van der Waals surface area contributed by atoms with Crippen LogP contribution in [0, 0.1) is 29.6 Å². The second kappa shape index (κ2) is 31.4. The number of hydrogen-bond acceptors (Lipinski definition) is 14. The lowest BCUT2D eigenvalue weighted by atomic mass is 9.92. The molecule has 2 aliphatic heterocycles. The molecule has 11 atom stereocenters. The molecule has 1 aromatic rings. The Kier molecular flexibility index (Phi) is 26.7. The number of carbonyl (C=O) groups excluding carboxylic acids is 11. The number of methoxy groups -OCH3 is 2. The number of ether oxygens (including phenoxy) is 3. The average molecular weight is 1180 g/mol. The highest BCUT2D eigenvalue weighted by molar-refractivity contribution is 5.99. The fourth-order valence-electron chi connectivity index (χ4n) is 11.6. The molecule has 2 fully saturated rings. The van der Waals surface area contributed by atoms with Crippen molar-refractivity contribution in [3.8, 4) is 5.75 Å². The number of nitrogens with zero attached hydrogens (tertiary/aromatic N) is 9. The molecule has 472 valence electrons. The van der Waals surface area contributed by atoms with Crippen LogP contribution >= 0.6 is 0 Å². The first-order valence-corrected chi connectivity index (χ1v) is 29.5. The van der Waals surface area contributed by atoms with Gasteiger partial charge in [0.2, 0.25) is 47.3 Å². The first kappa shape index (κ1) is 71.5. The molecule has 0 radical (unpaired) electrons. The van der Waals surface area contributed by atoms with Crippen LogP contribution < -0.4 is 4.74 Å². The molecular formula is C61H99N9O14. The van der Waals surface area contributed by atoms with Crippen LogP contribution in [0.2, 0.25) is 0 Å². The van der Waals surface area contributed by atoms with E-state index in [1.165, 1.54) is 110 Å². The average Bonchev–Trinajstić information content (AvgIpc) is 1.92. The summed E-state index contributed by atoms with van der Waals surface area (Å²) in [4.78, 5) is 173. The number of cyclic esters (lactones) is 1. The molecule has 0 N–H and O–H groups in total. The molecule has 2 aliphatic rings. The van der Waals surface area contributed by atoms with Crippen molar-refractivity contribution in [2.45, 2.75) is 176 Å². The van der Waals surface area contributed by atoms with E-state index in [0.717, 1.165) is 12.0 Å². The smallest absolute Gasteiger partial charge is 0.329 e. The van der Waals surface area contributed by atoms with Crippen molar-refractivity contribution in [2.24, 2.45) is 29.6 Å². The molecule has 2 saturated heterocycles. The maximum atomic E-state index is 15.2. The first-order valence-electron chi connectivity index (χ1n) is 29.5. The summed E-state index contributed by atoms with van der Waals surface area (Å²) in [5, 5.41) is 0. The predicted molar refractivity (Wildman–Crippen MR) is 315 cm³/mol. The van der Waals surface area contributed by atoms with Crippen molar-refractivity contribution in [3.05, 3.63) is 29.8 Å². The van der Waals surface area contributed by atoms with E-state index in [2.05, 4.69) is 0 Å². The zero-order valence-corrected chi connectivity index (χ0v) is 54.0. The summed E-state index contributed by atoms with van der Waals surface area (Å²) in [7, 11) is 13.9. The Bertz CT molecular complexity index is 2510. The minimum absolute atomic E-state index is 0.0842. The molecule has 0 aromatic heterocycles. The molecule has 0 spiro atoms. The van der Waals surface area contributed by atoms with Gasteiger partial charge in [-0.1, -0.05) is 94.2 Å². The quantitative estimate of drug-likeness (QED) is 0.273. The van der Waals surface area contributed by atoms with E-state index >= 15 is 19.2 Å². The highest BCUT2D eigenvalue weighted by atomic mass is 16.6. The standard InChI is InChI=1S/C61H99N9O14/c1-22-38(9)51-56(76)62(12)34-46(71)65(15)48(35(3)4)57(77)64(14)45(32-41-27-29-42(82-20)30-28-41)61(81)84-40(11)53(73)70-31-25-24-26-43(70)54(74)66(16)50(37(7)8)59(79)67(17)49(36(5)6)58(78)63(13)44(33-47(72)83-21)55(75)68(18)52(39(10)23-2)60(80)69(51)19/h27-30,35-40,43-45,48-52H,22-26,31-34H2,1-21H3/t38-,39+,40-,43+,44-,45+,48+,49+,50+,51+,52+/m1/s1. The number of fused-ring (bicyclic) bond motifs is 1. The molecule has 2 heterocycles. The normalized spacial score (nSPS) is 26.4. The van der Waals surface area contributed by atoms with E-state index in [0.29, 0.717) is 37.0 Å². The first-order chi connectivity index (χ1) is 39.2. The SMILES string of the molecule is CC[C@@H](C)[C@H]1C(=O)N(C)CC(=O)N(C)[C@@H](C(C)C)C(=O)N(C)[C@@H](Cc2ccc(OC)cc2)C(=O)O[C@H](C)C(=O)N2CCCC[C@H]2C(=O)N(C)[C@@H](C(C)C)C(=O)N(C)[C@@H](C(C)C)C(=O)N(C)[C@H](CC(=O)OC)C(=O)N(C)[C@@H]([C@@H](C)CC)C(=O)N1C. The Balaban J connectivity index is 2.37. The number of rotatable bonds is 12. The monoisotopic (exact) mass is 1180 g/mol. The Hall–Kier alpha value is -6.81. The molecular weight excluding hydrogens is 1080 g/mol. The van der Waals surface area contributed by atoms with Gasteiger partial charge in [0.05, 0.1) is 27.2 Å². The lowest BCUT2D eigenvalue weighted by Crippen LogP contribution is -2.63. The van der Waals surface area contributed by atoms with E-state index < -0.39 is 162 Å². The van der Waals surface area contributed by atoms with E-state index in [1.807, 2.05) is 13.8 Å². The van der Waals surface area contributed by atoms with Gasteiger partial charge in [-0.15, -0.1) is 0 Å². The number of hydrogen-bond donors (Lipinski definition) is 0. The van der Waals surface area contributed by atoms with E-state index in [4.69, 9.17) is 14.2 Å². The fraction of sp³-hybridized carbons (Fsp3) is 0.721. The lowest BCUT2D eigenvalue weighted by molar-refractivity contribution is -0.169. The number of esters is 2. The highest BCUT2D eigenvalue weighted by Crippen LogP contribution is 2.29. The molecule has 9 amide bonds. The van der Waals surface area contributed by atoms with Gasteiger partial charge in [0.15, 0.2) is 6.10 Å². The molecule has 0 saturated carbocycles. The Labute approximate surface area is 498 Å². The molecule has 23 nitrogen and oxygen atoms in total. The second-order valence-electron chi connectivity index (χ2n) is 24.1. The van der Waals surface area contributed by atoms with Gasteiger partial charge in [0.25, 0.3) is 5.91 Å². The van der Waals surface area contributed by atoms with Crippen LogP contribution in [0.15, 0.2) is 24.3 Å². The van der Waals surface area contributed by atoms with E-state index in [1.54, 1.807) is 79.7 Å². The molecule has 0 bridgehead atoms. The van der Waals surface area contributed by atoms with Crippen molar-refractivity contribution in [2.75, 3.05) is 83.7 Å². The summed E-state index contributed by atoms with van der Waals surface area (Å²) in [5.41, 5.74) is 0.607. The number of benzene rings is 1. The number of likely N-dealkylation sites (N-methyl/N-ethyl adjacent to an activating group) is 8. The molecule has 0 unspecified atom stereocenters. The molecule has 23 heteroatoms. The van der Waals surface area contributed by atoms with Crippen molar-refractivity contribution < 1.29 is 67.0 Å². The number of carbonyl (C=O) groups is 11. The van der Waals surface area contributed by atoms with Crippen LogP contribution in [0.5, 0.6) is 5.75 Å². The predicted octanol–water partition coefficient (Wildman–Crippen LogP) is 3.43. The van der Waals surface area contributed by atoms with Crippen molar-refractivity contribution in [1.82, 2.24) is 44.1 Å². The zero-order chi connectivity index (χ0) is 64.1. The van der Waals surface area contributed by atoms with Gasteiger partial charge < -0.3 is 58.3 Å². The van der Waals surface area contributed by atoms with Crippen molar-refractivity contribution in [3.63, 3.8) is 0 Å². The summed E-state index contributed by atoms with van der Waals surface area (Å²) in [6.07, 6.45) is -0.111. The third kappa shape index (κ3) is 16.5. The van der Waals surface area contributed by atoms with Gasteiger partial charge >= 0.3 is 11.9 Å². The largest absolute Gasteiger partial charge is 0.497 e. The van der Waals surface area contributed by atoms with Crippen LogP contribution in [0.25, 0.3) is 0 Å². The summed E-state index contributed by atoms with van der Waals surface area (Å²) in [5.74, 6) is -9.89. The Morgan fingerprint density at radius 2 is 0.964 bits per heavy atom. The van der Waals surface area contributed by atoms with Crippen LogP contribution in [-0.4, -0.2) is 247 Å². The minimum Gasteiger partial charge on any atom is -0.497 e. The summed E-state index contributed by atoms with van der Waals surface area (Å²) in [6, 6.07) is -3.24. The third-order valence-electron chi connectivity index (χ3n) is 17.2. The number of amides is 9. The van der Waals surface area contributed by atoms with Gasteiger partial charge in [0.1, 0.15) is 54.1 Å². The second-order valence-corrected chi connectivity index (χ2v) is 24.1. The summed E-state index contributed by atoms with van der Waals surface area (Å²) >= 11 is 0. The van der Waals surface area contributed by atoms with Crippen LogP contribution in [0.3, 0.4) is 0 Å². The Morgan fingerprint density at radius 3 is 1.44 bits per heavy atom. The molecule has 1 aromatic carbocycles. The molecule has 3 rings (SSSR count). The van der Waals surface area contributed by atoms with Crippen molar-refractivity contribution >= 4 is 65.1 Å². The zero-order valence-electron chi connectivity index (χ0n) is 54.0. The lowest BCUT2D eigenvalue weighted by Gasteiger charge is -2.43. The van der Waals surface area contributed by atoms with Crippen LogP contribution in [0.4, 0.5) is 0 Å². The maximum Gasteiger partial charge on any atom is 0.329 e. The fourth-order valence-corrected chi connectivity index (χ4v) is 11.6.